The van der Waals surface area contributed by atoms with Crippen LogP contribution in [0.4, 0.5) is 17.1 Å². The number of nitro groups is 1. The van der Waals surface area contributed by atoms with Crippen LogP contribution in [-0.2, 0) is 0 Å². The van der Waals surface area contributed by atoms with Crippen molar-refractivity contribution in [2.75, 3.05) is 19.8 Å². The molecule has 4 rings (SSSR count). The SMILES string of the molecule is CCCCCCCCCCCCOc1ccc(N=Nc2ccc(OCCCCCCOc3ccc(C(=O)NNC(=O)c4ccc([N+](=O)[O-])cc4)cc3)cc2)cc1. The topological polar surface area (TPSA) is 154 Å². The third-order valence-electron chi connectivity index (χ3n) is 9.04. The number of azo groups is 1. The van der Waals surface area contributed by atoms with Gasteiger partial charge in [-0.3, -0.25) is 30.6 Å². The first-order chi connectivity index (χ1) is 27.4. The summed E-state index contributed by atoms with van der Waals surface area (Å²) in [4.78, 5) is 34.8. The molecule has 0 fully saturated rings. The van der Waals surface area contributed by atoms with Crippen molar-refractivity contribution in [3.8, 4) is 17.2 Å². The van der Waals surface area contributed by atoms with Crippen molar-refractivity contribution < 1.29 is 28.7 Å². The van der Waals surface area contributed by atoms with Crippen LogP contribution in [0.25, 0.3) is 0 Å². The molecule has 0 aromatic heterocycles. The van der Waals surface area contributed by atoms with Crippen molar-refractivity contribution in [2.24, 2.45) is 10.2 Å². The molecule has 2 amide bonds. The summed E-state index contributed by atoms with van der Waals surface area (Å²) in [7, 11) is 0. The zero-order valence-corrected chi connectivity index (χ0v) is 32.5. The Kier molecular flexibility index (Phi) is 19.4. The van der Waals surface area contributed by atoms with Crippen molar-refractivity contribution in [1.82, 2.24) is 10.9 Å². The highest BCUT2D eigenvalue weighted by Crippen LogP contribution is 2.24. The number of nitro benzene ring substituents is 1. The van der Waals surface area contributed by atoms with E-state index < -0.39 is 16.7 Å². The number of benzene rings is 4. The third-order valence-corrected chi connectivity index (χ3v) is 9.04. The van der Waals surface area contributed by atoms with Gasteiger partial charge in [-0.15, -0.1) is 0 Å². The normalized spacial score (nSPS) is 10.9. The molecular formula is C44H55N5O7. The summed E-state index contributed by atoms with van der Waals surface area (Å²) in [5, 5.41) is 19.5. The maximum Gasteiger partial charge on any atom is 0.269 e. The van der Waals surface area contributed by atoms with Crippen LogP contribution in [0.3, 0.4) is 0 Å². The number of amides is 2. The number of nitrogens with zero attached hydrogens (tertiary/aromatic N) is 3. The van der Waals surface area contributed by atoms with Crippen molar-refractivity contribution in [2.45, 2.75) is 96.8 Å². The van der Waals surface area contributed by atoms with Crippen LogP contribution in [0.15, 0.2) is 107 Å². The molecule has 12 nitrogen and oxygen atoms in total. The van der Waals surface area contributed by atoms with E-state index >= 15 is 0 Å². The Balaban J connectivity index is 0.999. The first-order valence-electron chi connectivity index (χ1n) is 19.9. The van der Waals surface area contributed by atoms with Crippen LogP contribution in [0.2, 0.25) is 0 Å². The third kappa shape index (κ3) is 16.7. The molecule has 0 atom stereocenters. The van der Waals surface area contributed by atoms with E-state index in [1.165, 1.54) is 82.1 Å². The molecule has 0 radical (unpaired) electrons. The highest BCUT2D eigenvalue weighted by atomic mass is 16.6. The highest BCUT2D eigenvalue weighted by Gasteiger charge is 2.12. The van der Waals surface area contributed by atoms with Crippen molar-refractivity contribution >= 4 is 28.9 Å². The number of carbonyl (C=O) groups excluding carboxylic acids is 2. The fourth-order valence-electron chi connectivity index (χ4n) is 5.75. The van der Waals surface area contributed by atoms with Gasteiger partial charge in [-0.1, -0.05) is 64.7 Å². The maximum absolute atomic E-state index is 12.4. The van der Waals surface area contributed by atoms with Gasteiger partial charge in [0.05, 0.1) is 36.1 Å². The summed E-state index contributed by atoms with van der Waals surface area (Å²) in [6.45, 7) is 4.17. The van der Waals surface area contributed by atoms with Gasteiger partial charge in [-0.25, -0.2) is 0 Å². The molecule has 4 aromatic rings. The molecule has 0 aliphatic heterocycles. The molecule has 0 bridgehead atoms. The molecule has 2 N–H and O–H groups in total. The molecule has 12 heteroatoms. The molecule has 0 aliphatic carbocycles. The van der Waals surface area contributed by atoms with Gasteiger partial charge in [0.15, 0.2) is 0 Å². The van der Waals surface area contributed by atoms with E-state index in [-0.39, 0.29) is 11.3 Å². The summed E-state index contributed by atoms with van der Waals surface area (Å²) >= 11 is 0. The standard InChI is InChI=1S/C44H55N5O7/c1-2-3-4-5-6-7-8-9-10-13-32-55-41-28-20-37(21-29-41)45-46-38-22-30-42(31-23-38)56-34-15-12-11-14-33-54-40-26-18-36(19-27-40)44(51)48-47-43(50)35-16-24-39(25-17-35)49(52)53/h16-31H,2-15,32-34H2,1H3,(H,47,50)(H,48,51). The van der Waals surface area contributed by atoms with Gasteiger partial charge in [0, 0.05) is 23.3 Å². The van der Waals surface area contributed by atoms with Crippen molar-refractivity contribution in [3.05, 3.63) is 118 Å². The fraction of sp³-hybridized carbons (Fsp3) is 0.409. The second kappa shape index (κ2) is 25.3. The lowest BCUT2D eigenvalue weighted by atomic mass is 10.1. The van der Waals surface area contributed by atoms with Gasteiger partial charge >= 0.3 is 0 Å². The average molecular weight is 766 g/mol. The number of hydrogen-bond donors (Lipinski definition) is 2. The molecule has 0 heterocycles. The smallest absolute Gasteiger partial charge is 0.269 e. The molecule has 0 aliphatic rings. The number of carbonyl (C=O) groups is 2. The Hall–Kier alpha value is -5.78. The predicted molar refractivity (Wildman–Crippen MR) is 218 cm³/mol. The molecule has 0 saturated carbocycles. The molecule has 0 unspecified atom stereocenters. The van der Waals surface area contributed by atoms with E-state index in [1.807, 2.05) is 48.5 Å². The second-order valence-corrected chi connectivity index (χ2v) is 13.6. The van der Waals surface area contributed by atoms with Gasteiger partial charge in [0.2, 0.25) is 0 Å². The van der Waals surface area contributed by atoms with E-state index in [0.29, 0.717) is 24.5 Å². The molecule has 0 spiro atoms. The lowest BCUT2D eigenvalue weighted by Gasteiger charge is -2.09. The number of hydrazine groups is 1. The summed E-state index contributed by atoms with van der Waals surface area (Å²) in [6.07, 6.45) is 16.9. The minimum absolute atomic E-state index is 0.130. The van der Waals surface area contributed by atoms with Crippen LogP contribution in [0.5, 0.6) is 17.2 Å². The Labute approximate surface area is 330 Å². The zero-order chi connectivity index (χ0) is 39.6. The van der Waals surface area contributed by atoms with Crippen LogP contribution in [0.1, 0.15) is 118 Å². The number of non-ortho nitro benzene ring substituents is 1. The summed E-state index contributed by atoms with van der Waals surface area (Å²) in [5.74, 6) is 1.19. The summed E-state index contributed by atoms with van der Waals surface area (Å²) < 4.78 is 17.6. The van der Waals surface area contributed by atoms with Gasteiger partial charge in [0.25, 0.3) is 17.5 Å². The molecular weight excluding hydrogens is 711 g/mol. The van der Waals surface area contributed by atoms with E-state index in [9.17, 15) is 19.7 Å². The van der Waals surface area contributed by atoms with Crippen LogP contribution < -0.4 is 25.1 Å². The molecule has 298 valence electrons. The summed E-state index contributed by atoms with van der Waals surface area (Å²) in [6, 6.07) is 27.0. The number of nitrogens with one attached hydrogen (secondary N) is 2. The minimum Gasteiger partial charge on any atom is -0.494 e. The maximum atomic E-state index is 12.4. The van der Waals surface area contributed by atoms with Gasteiger partial charge in [-0.2, -0.15) is 10.2 Å². The summed E-state index contributed by atoms with van der Waals surface area (Å²) in [5.41, 5.74) is 6.54. The minimum atomic E-state index is -0.592. The van der Waals surface area contributed by atoms with Crippen molar-refractivity contribution in [1.29, 1.82) is 0 Å². The zero-order valence-electron chi connectivity index (χ0n) is 32.5. The Morgan fingerprint density at radius 1 is 0.500 bits per heavy atom. The second-order valence-electron chi connectivity index (χ2n) is 13.6. The Morgan fingerprint density at radius 2 is 0.821 bits per heavy atom. The number of unbranched alkanes of at least 4 members (excludes halogenated alkanes) is 12. The number of ether oxygens (including phenoxy) is 3. The Morgan fingerprint density at radius 3 is 1.18 bits per heavy atom. The Bertz CT molecular complexity index is 1760. The van der Waals surface area contributed by atoms with Gasteiger partial charge in [0.1, 0.15) is 17.2 Å². The van der Waals surface area contributed by atoms with E-state index in [0.717, 1.165) is 61.6 Å². The lowest BCUT2D eigenvalue weighted by Crippen LogP contribution is -2.41. The van der Waals surface area contributed by atoms with Crippen LogP contribution >= 0.6 is 0 Å². The quantitative estimate of drug-likeness (QED) is 0.0279. The van der Waals surface area contributed by atoms with E-state index in [1.54, 1.807) is 24.3 Å². The lowest BCUT2D eigenvalue weighted by molar-refractivity contribution is -0.384. The monoisotopic (exact) mass is 765 g/mol. The first kappa shape index (κ1) is 43.0. The number of hydrogen-bond acceptors (Lipinski definition) is 9. The highest BCUT2D eigenvalue weighted by molar-refractivity contribution is 5.99. The predicted octanol–water partition coefficient (Wildman–Crippen LogP) is 11.4. The van der Waals surface area contributed by atoms with Gasteiger partial charge < -0.3 is 14.2 Å². The van der Waals surface area contributed by atoms with Crippen molar-refractivity contribution in [3.63, 3.8) is 0 Å². The van der Waals surface area contributed by atoms with E-state index in [2.05, 4.69) is 28.0 Å². The average Bonchev–Trinajstić information content (AvgIpc) is 3.23. The largest absolute Gasteiger partial charge is 0.494 e. The van der Waals surface area contributed by atoms with Crippen LogP contribution in [-0.4, -0.2) is 36.6 Å². The first-order valence-corrected chi connectivity index (χ1v) is 19.9. The molecule has 56 heavy (non-hydrogen) atoms. The van der Waals surface area contributed by atoms with Gasteiger partial charge in [-0.05, 0) is 117 Å². The fourth-order valence-corrected chi connectivity index (χ4v) is 5.75. The number of rotatable bonds is 26. The van der Waals surface area contributed by atoms with E-state index in [4.69, 9.17) is 14.2 Å². The molecule has 4 aromatic carbocycles. The van der Waals surface area contributed by atoms with Crippen LogP contribution in [0, 0.1) is 10.1 Å². The molecule has 0 saturated heterocycles.